The van der Waals surface area contributed by atoms with Crippen LogP contribution in [-0.2, 0) is 14.3 Å². The molecule has 7 heteroatoms. The van der Waals surface area contributed by atoms with Crippen molar-refractivity contribution < 1.29 is 24.2 Å². The lowest BCUT2D eigenvalue weighted by molar-refractivity contribution is -0.143. The fourth-order valence-corrected chi connectivity index (χ4v) is 5.88. The summed E-state index contributed by atoms with van der Waals surface area (Å²) in [7, 11) is 0. The molecule has 0 aromatic heterocycles. The maximum absolute atomic E-state index is 12.6. The molecule has 5 rings (SSSR count). The number of fused-ring (bicyclic) bond motifs is 4. The number of carboxylic acid groups (broad SMARTS) is 1. The lowest BCUT2D eigenvalue weighted by Crippen LogP contribution is -2.42. The minimum absolute atomic E-state index is 0.0168. The second-order valence-corrected chi connectivity index (χ2v) is 9.85. The Balaban J connectivity index is 1.13. The van der Waals surface area contributed by atoms with Crippen LogP contribution < -0.4 is 10.6 Å². The monoisotopic (exact) mass is 462 g/mol. The second-order valence-electron chi connectivity index (χ2n) is 9.85. The minimum Gasteiger partial charge on any atom is -0.481 e. The average molecular weight is 463 g/mol. The van der Waals surface area contributed by atoms with Crippen LogP contribution in [0.15, 0.2) is 48.5 Å². The van der Waals surface area contributed by atoms with E-state index in [-0.39, 0.29) is 42.9 Å². The molecule has 0 bridgehead atoms. The summed E-state index contributed by atoms with van der Waals surface area (Å²) < 4.78 is 5.60. The molecule has 2 fully saturated rings. The average Bonchev–Trinajstić information content (AvgIpc) is 3.26. The van der Waals surface area contributed by atoms with Gasteiger partial charge in [-0.2, -0.15) is 0 Å². The van der Waals surface area contributed by atoms with Crippen molar-refractivity contribution in [3.8, 4) is 11.1 Å². The highest BCUT2D eigenvalue weighted by atomic mass is 16.5. The van der Waals surface area contributed by atoms with Gasteiger partial charge < -0.3 is 20.5 Å². The molecule has 0 radical (unpaired) electrons. The fraction of sp³-hybridized carbons (Fsp3) is 0.444. The third-order valence-corrected chi connectivity index (χ3v) is 7.79. The van der Waals surface area contributed by atoms with Gasteiger partial charge in [0.1, 0.15) is 6.61 Å². The Bertz CT molecular complexity index is 1090. The van der Waals surface area contributed by atoms with E-state index in [0.717, 1.165) is 17.5 Å². The molecule has 0 aliphatic heterocycles. The van der Waals surface area contributed by atoms with Crippen molar-refractivity contribution in [3.63, 3.8) is 0 Å². The normalized spacial score (nSPS) is 25.0. The lowest BCUT2D eigenvalue weighted by Gasteiger charge is -2.20. The van der Waals surface area contributed by atoms with Crippen molar-refractivity contribution in [1.82, 2.24) is 10.6 Å². The van der Waals surface area contributed by atoms with Gasteiger partial charge in [0.25, 0.3) is 0 Å². The van der Waals surface area contributed by atoms with Crippen molar-refractivity contribution in [1.29, 1.82) is 0 Å². The van der Waals surface area contributed by atoms with E-state index >= 15 is 0 Å². The number of rotatable bonds is 8. The molecular formula is C27H30N2O5. The number of aliphatic carboxylic acids is 1. The van der Waals surface area contributed by atoms with Crippen LogP contribution in [0.5, 0.6) is 0 Å². The van der Waals surface area contributed by atoms with Crippen LogP contribution >= 0.6 is 0 Å². The molecular weight excluding hydrogens is 432 g/mol. The van der Waals surface area contributed by atoms with Gasteiger partial charge in [-0.05, 0) is 53.9 Å². The highest BCUT2D eigenvalue weighted by Crippen LogP contribution is 2.63. The quantitative estimate of drug-likeness (QED) is 0.549. The number of hydrogen-bond donors (Lipinski definition) is 3. The van der Waals surface area contributed by atoms with Crippen LogP contribution in [0, 0.1) is 11.3 Å². The number of carbonyl (C=O) groups excluding carboxylic acids is 2. The van der Waals surface area contributed by atoms with Crippen molar-refractivity contribution in [2.24, 2.45) is 11.3 Å². The SMILES string of the molecule is CC[C@H](CC(=O)N[C@@H]1C[C@H]2C[C@@]2(C(=O)O)C1)NC(=O)OCC1c2ccccc2-c2ccccc21. The number of carboxylic acids is 1. The van der Waals surface area contributed by atoms with E-state index in [1.807, 2.05) is 31.2 Å². The van der Waals surface area contributed by atoms with E-state index in [4.69, 9.17) is 4.74 Å². The van der Waals surface area contributed by atoms with Crippen LogP contribution in [0.3, 0.4) is 0 Å². The topological polar surface area (TPSA) is 105 Å². The number of ether oxygens (including phenoxy) is 1. The van der Waals surface area contributed by atoms with Crippen LogP contribution in [-0.4, -0.2) is 41.8 Å². The van der Waals surface area contributed by atoms with Gasteiger partial charge in [0.15, 0.2) is 0 Å². The Hall–Kier alpha value is -3.35. The smallest absolute Gasteiger partial charge is 0.407 e. The standard InChI is InChI=1S/C27H30N2O5/c1-2-17(12-24(30)28-18-11-16-13-27(16,14-18)25(31)32)29-26(33)34-15-23-21-9-5-3-7-19(21)20-8-4-6-10-22(20)23/h3-10,16-18,23H,2,11-15H2,1H3,(H,28,30)(H,29,33)(H,31,32)/t16-,17+,18+,27+/m0/s1. The van der Waals surface area contributed by atoms with E-state index in [2.05, 4.69) is 34.9 Å². The molecule has 2 aromatic carbocycles. The first kappa shape index (κ1) is 22.4. The Labute approximate surface area is 198 Å². The van der Waals surface area contributed by atoms with Gasteiger partial charge in [-0.25, -0.2) is 4.79 Å². The summed E-state index contributed by atoms with van der Waals surface area (Å²) in [5, 5.41) is 15.2. The molecule has 2 saturated carbocycles. The summed E-state index contributed by atoms with van der Waals surface area (Å²) in [5.74, 6) is -0.761. The Morgan fingerprint density at radius 1 is 1.06 bits per heavy atom. The van der Waals surface area contributed by atoms with Crippen molar-refractivity contribution in [2.45, 2.75) is 57.0 Å². The van der Waals surface area contributed by atoms with Gasteiger partial charge in [-0.3, -0.25) is 9.59 Å². The predicted octanol–water partition coefficient (Wildman–Crippen LogP) is 4.06. The van der Waals surface area contributed by atoms with E-state index < -0.39 is 17.5 Å². The molecule has 0 heterocycles. The maximum Gasteiger partial charge on any atom is 0.407 e. The molecule has 2 aromatic rings. The van der Waals surface area contributed by atoms with Crippen LogP contribution in [0.25, 0.3) is 11.1 Å². The molecule has 3 aliphatic rings. The molecule has 4 atom stereocenters. The number of hydrogen-bond acceptors (Lipinski definition) is 4. The third kappa shape index (κ3) is 4.04. The van der Waals surface area contributed by atoms with Gasteiger partial charge >= 0.3 is 12.1 Å². The first-order chi connectivity index (χ1) is 16.4. The summed E-state index contributed by atoms with van der Waals surface area (Å²) >= 11 is 0. The van der Waals surface area contributed by atoms with Crippen molar-refractivity contribution in [2.75, 3.05) is 6.61 Å². The molecule has 0 unspecified atom stereocenters. The Morgan fingerprint density at radius 2 is 1.71 bits per heavy atom. The van der Waals surface area contributed by atoms with E-state index in [1.54, 1.807) is 0 Å². The van der Waals surface area contributed by atoms with Crippen LogP contribution in [0.2, 0.25) is 0 Å². The summed E-state index contributed by atoms with van der Waals surface area (Å²) in [6.07, 6.45) is 2.12. The number of benzene rings is 2. The maximum atomic E-state index is 12.6. The van der Waals surface area contributed by atoms with E-state index in [1.165, 1.54) is 11.1 Å². The largest absolute Gasteiger partial charge is 0.481 e. The zero-order chi connectivity index (χ0) is 23.9. The third-order valence-electron chi connectivity index (χ3n) is 7.79. The number of amides is 2. The predicted molar refractivity (Wildman–Crippen MR) is 126 cm³/mol. The van der Waals surface area contributed by atoms with Gasteiger partial charge in [0.2, 0.25) is 5.91 Å². The first-order valence-electron chi connectivity index (χ1n) is 12.1. The summed E-state index contributed by atoms with van der Waals surface area (Å²) in [6, 6.07) is 15.9. The van der Waals surface area contributed by atoms with Gasteiger partial charge in [-0.1, -0.05) is 55.5 Å². The second kappa shape index (κ2) is 8.78. The molecule has 0 saturated heterocycles. The van der Waals surface area contributed by atoms with Crippen molar-refractivity contribution in [3.05, 3.63) is 59.7 Å². The van der Waals surface area contributed by atoms with Gasteiger partial charge in [0.05, 0.1) is 5.41 Å². The summed E-state index contributed by atoms with van der Waals surface area (Å²) in [6.45, 7) is 2.13. The molecule has 178 valence electrons. The highest BCUT2D eigenvalue weighted by molar-refractivity contribution is 5.81. The van der Waals surface area contributed by atoms with Crippen LogP contribution in [0.4, 0.5) is 4.79 Å². The molecule has 0 spiro atoms. The lowest BCUT2D eigenvalue weighted by atomic mass is 9.98. The van der Waals surface area contributed by atoms with Gasteiger partial charge in [-0.15, -0.1) is 0 Å². The minimum atomic E-state index is -0.752. The molecule has 3 N–H and O–H groups in total. The summed E-state index contributed by atoms with van der Waals surface area (Å²) in [5.41, 5.74) is 4.02. The van der Waals surface area contributed by atoms with E-state index in [9.17, 15) is 19.5 Å². The number of nitrogens with one attached hydrogen (secondary N) is 2. The number of carbonyl (C=O) groups is 3. The first-order valence-corrected chi connectivity index (χ1v) is 12.1. The van der Waals surface area contributed by atoms with Gasteiger partial charge in [0, 0.05) is 24.4 Å². The molecule has 7 nitrogen and oxygen atoms in total. The zero-order valence-electron chi connectivity index (χ0n) is 19.3. The van der Waals surface area contributed by atoms with Crippen LogP contribution in [0.1, 0.15) is 56.1 Å². The fourth-order valence-electron chi connectivity index (χ4n) is 5.88. The number of alkyl carbamates (subject to hydrolysis) is 1. The zero-order valence-corrected chi connectivity index (χ0v) is 19.3. The van der Waals surface area contributed by atoms with E-state index in [0.29, 0.717) is 19.3 Å². The molecule has 34 heavy (non-hydrogen) atoms. The Kier molecular flexibility index (Phi) is 5.80. The van der Waals surface area contributed by atoms with Crippen molar-refractivity contribution >= 4 is 18.0 Å². The highest BCUT2D eigenvalue weighted by Gasteiger charge is 2.65. The molecule has 3 aliphatic carbocycles. The molecule has 2 amide bonds. The summed E-state index contributed by atoms with van der Waals surface area (Å²) in [4.78, 5) is 36.6. The Morgan fingerprint density at radius 3 is 2.29 bits per heavy atom.